The highest BCUT2D eigenvalue weighted by Gasteiger charge is 2.27. The van der Waals surface area contributed by atoms with Gasteiger partial charge in [0.1, 0.15) is 18.8 Å². The molecule has 0 amide bonds. The molecule has 21 heavy (non-hydrogen) atoms. The number of methoxy groups -OCH3 is 2. The second kappa shape index (κ2) is 8.12. The predicted molar refractivity (Wildman–Crippen MR) is 79.9 cm³/mol. The van der Waals surface area contributed by atoms with Crippen LogP contribution in [0.4, 0.5) is 0 Å². The van der Waals surface area contributed by atoms with E-state index in [1.165, 1.54) is 0 Å². The van der Waals surface area contributed by atoms with E-state index in [1.807, 2.05) is 26.8 Å². The van der Waals surface area contributed by atoms with Gasteiger partial charge in [0.15, 0.2) is 6.79 Å². The van der Waals surface area contributed by atoms with E-state index in [0.29, 0.717) is 12.2 Å². The highest BCUT2D eigenvalue weighted by Crippen LogP contribution is 2.35. The lowest BCUT2D eigenvalue weighted by Crippen LogP contribution is -2.26. The summed E-state index contributed by atoms with van der Waals surface area (Å²) in [5, 5.41) is 0. The number of carbonyl (C=O) groups is 1. The lowest BCUT2D eigenvalue weighted by Gasteiger charge is -2.28. The van der Waals surface area contributed by atoms with Gasteiger partial charge in [0.25, 0.3) is 0 Å². The molecule has 0 radical (unpaired) electrons. The van der Waals surface area contributed by atoms with Gasteiger partial charge in [0, 0.05) is 30.8 Å². The molecule has 0 aliphatic heterocycles. The van der Waals surface area contributed by atoms with E-state index in [1.54, 1.807) is 20.3 Å². The summed E-state index contributed by atoms with van der Waals surface area (Å²) in [4.78, 5) is 11.1. The Bertz CT molecular complexity index is 468. The van der Waals surface area contributed by atoms with Crippen LogP contribution >= 0.6 is 0 Å². The minimum atomic E-state index is -0.328. The van der Waals surface area contributed by atoms with Crippen molar-refractivity contribution in [3.05, 3.63) is 28.8 Å². The molecule has 0 atom stereocenters. The molecule has 0 saturated carbocycles. The van der Waals surface area contributed by atoms with Crippen LogP contribution in [0.15, 0.2) is 12.1 Å². The van der Waals surface area contributed by atoms with Crippen molar-refractivity contribution in [3.63, 3.8) is 0 Å². The second-order valence-corrected chi connectivity index (χ2v) is 5.52. The maximum absolute atomic E-state index is 11.1. The second-order valence-electron chi connectivity index (χ2n) is 5.52. The predicted octanol–water partition coefficient (Wildman–Crippen LogP) is 2.69. The van der Waals surface area contributed by atoms with Gasteiger partial charge in [0.2, 0.25) is 0 Å². The van der Waals surface area contributed by atoms with Crippen LogP contribution in [0.1, 0.15) is 35.3 Å². The molecule has 1 rings (SSSR count). The third-order valence-corrected chi connectivity index (χ3v) is 3.15. The lowest BCUT2D eigenvalue weighted by atomic mass is 9.83. The van der Waals surface area contributed by atoms with Gasteiger partial charge in [-0.25, -0.2) is 0 Å². The van der Waals surface area contributed by atoms with E-state index in [4.69, 9.17) is 18.9 Å². The van der Waals surface area contributed by atoms with Gasteiger partial charge in [-0.05, 0) is 24.6 Å². The molecule has 0 aromatic heterocycles. The summed E-state index contributed by atoms with van der Waals surface area (Å²) in [7, 11) is 3.15. The Labute approximate surface area is 126 Å². The summed E-state index contributed by atoms with van der Waals surface area (Å²) < 4.78 is 21.0. The summed E-state index contributed by atoms with van der Waals surface area (Å²) in [5.74, 6) is 0.730. The molecule has 5 nitrogen and oxygen atoms in total. The Hall–Kier alpha value is -1.43. The van der Waals surface area contributed by atoms with Crippen molar-refractivity contribution < 1.29 is 23.7 Å². The number of rotatable bonds is 9. The first-order chi connectivity index (χ1) is 9.96. The number of carbonyl (C=O) groups excluding carboxylic acids is 1. The Morgan fingerprint density at radius 1 is 1.14 bits per heavy atom. The molecule has 1 aromatic carbocycles. The molecule has 0 aliphatic rings. The Morgan fingerprint density at radius 2 is 1.81 bits per heavy atom. The molecular formula is C16H24O5. The van der Waals surface area contributed by atoms with E-state index < -0.39 is 0 Å². The minimum absolute atomic E-state index is 0.156. The third kappa shape index (κ3) is 4.81. The normalized spacial score (nSPS) is 11.5. The summed E-state index contributed by atoms with van der Waals surface area (Å²) in [6, 6.07) is 3.63. The highest BCUT2D eigenvalue weighted by molar-refractivity contribution is 5.76. The summed E-state index contributed by atoms with van der Waals surface area (Å²) in [6.07, 6.45) is 0.836. The molecule has 0 saturated heterocycles. The van der Waals surface area contributed by atoms with Gasteiger partial charge in [-0.1, -0.05) is 13.8 Å². The van der Waals surface area contributed by atoms with Crippen LogP contribution in [0.25, 0.3) is 0 Å². The van der Waals surface area contributed by atoms with Crippen molar-refractivity contribution >= 4 is 6.29 Å². The van der Waals surface area contributed by atoms with Crippen molar-refractivity contribution in [2.24, 2.45) is 0 Å². The maximum atomic E-state index is 11.1. The number of aldehydes is 1. The maximum Gasteiger partial charge on any atom is 0.188 e. The zero-order valence-electron chi connectivity index (χ0n) is 13.4. The van der Waals surface area contributed by atoms with Gasteiger partial charge in [-0.15, -0.1) is 0 Å². The average molecular weight is 296 g/mol. The van der Waals surface area contributed by atoms with E-state index in [-0.39, 0.29) is 19.0 Å². The van der Waals surface area contributed by atoms with Crippen LogP contribution in [0.2, 0.25) is 0 Å². The molecule has 1 aromatic rings. The third-order valence-electron chi connectivity index (χ3n) is 3.15. The first-order valence-corrected chi connectivity index (χ1v) is 6.75. The van der Waals surface area contributed by atoms with Crippen molar-refractivity contribution in [3.8, 4) is 5.75 Å². The summed E-state index contributed by atoms with van der Waals surface area (Å²) >= 11 is 0. The SMILES string of the molecule is COCOCC(C)(C)c1cc(C=O)cc(C)c1OCOC. The number of ether oxygens (including phenoxy) is 4. The number of benzene rings is 1. The summed E-state index contributed by atoms with van der Waals surface area (Å²) in [5.41, 5.74) is 2.10. The lowest BCUT2D eigenvalue weighted by molar-refractivity contribution is -0.0458. The van der Waals surface area contributed by atoms with Gasteiger partial charge in [0.05, 0.1) is 6.61 Å². The molecule has 0 heterocycles. The largest absolute Gasteiger partial charge is 0.467 e. The van der Waals surface area contributed by atoms with Gasteiger partial charge < -0.3 is 18.9 Å². The van der Waals surface area contributed by atoms with E-state index in [0.717, 1.165) is 23.2 Å². The van der Waals surface area contributed by atoms with Crippen molar-refractivity contribution in [1.29, 1.82) is 0 Å². The first kappa shape index (κ1) is 17.6. The fourth-order valence-corrected chi connectivity index (χ4v) is 2.14. The minimum Gasteiger partial charge on any atom is -0.467 e. The monoisotopic (exact) mass is 296 g/mol. The van der Waals surface area contributed by atoms with Gasteiger partial charge in [-0.3, -0.25) is 4.79 Å². The molecule has 0 fully saturated rings. The number of hydrogen-bond donors (Lipinski definition) is 0. The zero-order chi connectivity index (χ0) is 15.9. The quantitative estimate of drug-likeness (QED) is 0.398. The van der Waals surface area contributed by atoms with Crippen molar-refractivity contribution in [2.75, 3.05) is 34.4 Å². The molecular weight excluding hydrogens is 272 g/mol. The summed E-state index contributed by atoms with van der Waals surface area (Å²) in [6.45, 7) is 6.81. The van der Waals surface area contributed by atoms with Crippen LogP contribution in [-0.4, -0.2) is 40.7 Å². The van der Waals surface area contributed by atoms with Crippen LogP contribution < -0.4 is 4.74 Å². The van der Waals surface area contributed by atoms with Gasteiger partial charge >= 0.3 is 0 Å². The highest BCUT2D eigenvalue weighted by atomic mass is 16.7. The Morgan fingerprint density at radius 3 is 2.38 bits per heavy atom. The van der Waals surface area contributed by atoms with Crippen molar-refractivity contribution in [2.45, 2.75) is 26.2 Å². The molecule has 118 valence electrons. The number of aryl methyl sites for hydroxylation is 1. The fourth-order valence-electron chi connectivity index (χ4n) is 2.14. The fraction of sp³-hybridized carbons (Fsp3) is 0.562. The topological polar surface area (TPSA) is 54.0 Å². The Balaban J connectivity index is 3.15. The average Bonchev–Trinajstić information content (AvgIpc) is 2.45. The van der Waals surface area contributed by atoms with Crippen molar-refractivity contribution in [1.82, 2.24) is 0 Å². The molecule has 0 spiro atoms. The molecule has 0 unspecified atom stereocenters. The molecule has 0 N–H and O–H groups in total. The standard InChI is InChI=1S/C16H24O5/c1-12-6-13(8-17)7-14(15(12)21-11-19-5)16(2,3)9-20-10-18-4/h6-8H,9-11H2,1-5H3. The van der Waals surface area contributed by atoms with E-state index >= 15 is 0 Å². The van der Waals surface area contributed by atoms with Gasteiger partial charge in [-0.2, -0.15) is 0 Å². The number of hydrogen-bond acceptors (Lipinski definition) is 5. The molecule has 0 aliphatic carbocycles. The molecule has 5 heteroatoms. The molecule has 0 bridgehead atoms. The van der Waals surface area contributed by atoms with Crippen LogP contribution in [-0.2, 0) is 19.6 Å². The smallest absolute Gasteiger partial charge is 0.188 e. The Kier molecular flexibility index (Phi) is 6.81. The first-order valence-electron chi connectivity index (χ1n) is 6.75. The van der Waals surface area contributed by atoms with Crippen LogP contribution in [0, 0.1) is 6.92 Å². The van der Waals surface area contributed by atoms with E-state index in [2.05, 4.69) is 0 Å². The van der Waals surface area contributed by atoms with E-state index in [9.17, 15) is 4.79 Å². The van der Waals surface area contributed by atoms with Crippen LogP contribution in [0.5, 0.6) is 5.75 Å². The van der Waals surface area contributed by atoms with Crippen LogP contribution in [0.3, 0.4) is 0 Å². The zero-order valence-corrected chi connectivity index (χ0v) is 13.4.